The van der Waals surface area contributed by atoms with Gasteiger partial charge in [0.25, 0.3) is 0 Å². The largest absolute Gasteiger partial charge is 0.369 e. The van der Waals surface area contributed by atoms with Gasteiger partial charge >= 0.3 is 0 Å². The maximum Gasteiger partial charge on any atom is 0.145 e. The summed E-state index contributed by atoms with van der Waals surface area (Å²) in [6.45, 7) is 2.99. The van der Waals surface area contributed by atoms with E-state index >= 15 is 0 Å². The zero-order chi connectivity index (χ0) is 12.3. The van der Waals surface area contributed by atoms with Crippen molar-refractivity contribution in [3.05, 3.63) is 11.9 Å². The Bertz CT molecular complexity index is 369. The van der Waals surface area contributed by atoms with Gasteiger partial charge in [-0.2, -0.15) is 11.8 Å². The van der Waals surface area contributed by atoms with E-state index in [1.54, 1.807) is 0 Å². The molecule has 1 heterocycles. The van der Waals surface area contributed by atoms with Gasteiger partial charge in [-0.3, -0.25) is 0 Å². The van der Waals surface area contributed by atoms with Crippen LogP contribution >= 0.6 is 11.8 Å². The maximum atomic E-state index is 5.39. The van der Waals surface area contributed by atoms with Crippen LogP contribution in [0.1, 0.15) is 25.6 Å². The lowest BCUT2D eigenvalue weighted by Gasteiger charge is -2.14. The number of nitrogen functional groups attached to an aromatic ring is 1. The number of hydrogen-bond acceptors (Lipinski definition) is 6. The molecule has 0 radical (unpaired) electrons. The number of hydrazine groups is 1. The highest BCUT2D eigenvalue weighted by atomic mass is 32.2. The van der Waals surface area contributed by atoms with Gasteiger partial charge in [0.2, 0.25) is 0 Å². The van der Waals surface area contributed by atoms with Gasteiger partial charge in [0.15, 0.2) is 0 Å². The fraction of sp³-hybridized carbons (Fsp3) is 0.636. The topological polar surface area (TPSA) is 75.9 Å². The van der Waals surface area contributed by atoms with Crippen molar-refractivity contribution in [1.29, 1.82) is 0 Å². The van der Waals surface area contributed by atoms with Crippen LogP contribution in [-0.2, 0) is 6.42 Å². The molecule has 1 saturated carbocycles. The van der Waals surface area contributed by atoms with Crippen LogP contribution < -0.4 is 16.6 Å². The molecule has 0 bridgehead atoms. The van der Waals surface area contributed by atoms with Crippen LogP contribution in [0, 0.1) is 0 Å². The Morgan fingerprint density at radius 1 is 1.41 bits per heavy atom. The standard InChI is InChI=1S/C11H19N5S/c1-3-8-14-9(6-10(15-8)16-12)13-7-11(17-2)4-5-11/h6H,3-5,7,12H2,1-2H3,(H2,13,14,15,16). The molecule has 5 nitrogen and oxygen atoms in total. The van der Waals surface area contributed by atoms with Crippen molar-refractivity contribution in [3.63, 3.8) is 0 Å². The lowest BCUT2D eigenvalue weighted by molar-refractivity contribution is 0.905. The highest BCUT2D eigenvalue weighted by Gasteiger charge is 2.41. The molecule has 17 heavy (non-hydrogen) atoms. The first-order valence-electron chi connectivity index (χ1n) is 5.85. The Kier molecular flexibility index (Phi) is 3.73. The van der Waals surface area contributed by atoms with E-state index < -0.39 is 0 Å². The third kappa shape index (κ3) is 3.01. The number of anilines is 2. The summed E-state index contributed by atoms with van der Waals surface area (Å²) >= 11 is 1.93. The van der Waals surface area contributed by atoms with Gasteiger partial charge in [-0.05, 0) is 19.1 Å². The molecular formula is C11H19N5S. The third-order valence-corrected chi connectivity index (χ3v) is 4.49. The molecule has 4 N–H and O–H groups in total. The highest BCUT2D eigenvalue weighted by molar-refractivity contribution is 8.00. The lowest BCUT2D eigenvalue weighted by atomic mass is 10.4. The molecule has 1 fully saturated rings. The first-order valence-corrected chi connectivity index (χ1v) is 7.07. The van der Waals surface area contributed by atoms with Gasteiger partial charge in [0, 0.05) is 23.8 Å². The molecule has 6 heteroatoms. The maximum absolute atomic E-state index is 5.39. The van der Waals surface area contributed by atoms with E-state index in [4.69, 9.17) is 5.84 Å². The second-order valence-corrected chi connectivity index (χ2v) is 5.57. The summed E-state index contributed by atoms with van der Waals surface area (Å²) in [5.74, 6) is 7.71. The molecule has 1 aliphatic rings. The van der Waals surface area contributed by atoms with E-state index in [1.165, 1.54) is 12.8 Å². The molecule has 0 aliphatic heterocycles. The van der Waals surface area contributed by atoms with E-state index in [9.17, 15) is 0 Å². The Labute approximate surface area is 106 Å². The minimum absolute atomic E-state index is 0.424. The van der Waals surface area contributed by atoms with Gasteiger partial charge in [0.05, 0.1) is 0 Å². The highest BCUT2D eigenvalue weighted by Crippen LogP contribution is 2.46. The van der Waals surface area contributed by atoms with Crippen molar-refractivity contribution in [1.82, 2.24) is 9.97 Å². The van der Waals surface area contributed by atoms with Crippen LogP contribution in [0.25, 0.3) is 0 Å². The van der Waals surface area contributed by atoms with Crippen LogP contribution in [-0.4, -0.2) is 27.5 Å². The Balaban J connectivity index is 2.04. The van der Waals surface area contributed by atoms with Crippen molar-refractivity contribution in [2.24, 2.45) is 5.84 Å². The van der Waals surface area contributed by atoms with Crippen LogP contribution in [0.4, 0.5) is 11.6 Å². The summed E-state index contributed by atoms with van der Waals surface area (Å²) in [6.07, 6.45) is 5.54. The third-order valence-electron chi connectivity index (χ3n) is 3.07. The van der Waals surface area contributed by atoms with E-state index in [0.29, 0.717) is 10.6 Å². The molecule has 0 saturated heterocycles. The summed E-state index contributed by atoms with van der Waals surface area (Å²) in [6, 6.07) is 1.84. The van der Waals surface area contributed by atoms with Crippen LogP contribution in [0.3, 0.4) is 0 Å². The van der Waals surface area contributed by atoms with Crippen molar-refractivity contribution < 1.29 is 0 Å². The molecule has 0 amide bonds. The minimum atomic E-state index is 0.424. The second-order valence-electron chi connectivity index (χ2n) is 4.29. The van der Waals surface area contributed by atoms with Crippen molar-refractivity contribution in [2.45, 2.75) is 30.9 Å². The molecular weight excluding hydrogens is 234 g/mol. The Hall–Kier alpha value is -1.01. The van der Waals surface area contributed by atoms with E-state index in [0.717, 1.165) is 24.6 Å². The molecule has 1 aromatic heterocycles. The molecule has 2 rings (SSSR count). The summed E-state index contributed by atoms with van der Waals surface area (Å²) < 4.78 is 0.424. The molecule has 1 aliphatic carbocycles. The molecule has 0 spiro atoms. The number of thioether (sulfide) groups is 1. The van der Waals surface area contributed by atoms with E-state index in [1.807, 2.05) is 24.8 Å². The number of aryl methyl sites for hydroxylation is 1. The normalized spacial score (nSPS) is 16.6. The minimum Gasteiger partial charge on any atom is -0.369 e. The first-order chi connectivity index (χ1) is 8.21. The van der Waals surface area contributed by atoms with Crippen LogP contribution in [0.2, 0.25) is 0 Å². The molecule has 0 atom stereocenters. The van der Waals surface area contributed by atoms with Gasteiger partial charge in [-0.1, -0.05) is 6.92 Å². The summed E-state index contributed by atoms with van der Waals surface area (Å²) in [4.78, 5) is 8.70. The van der Waals surface area contributed by atoms with Crippen molar-refractivity contribution in [3.8, 4) is 0 Å². The Morgan fingerprint density at radius 3 is 2.65 bits per heavy atom. The summed E-state index contributed by atoms with van der Waals surface area (Å²) in [5, 5.41) is 3.38. The smallest absolute Gasteiger partial charge is 0.145 e. The van der Waals surface area contributed by atoms with Gasteiger partial charge in [-0.25, -0.2) is 15.8 Å². The molecule has 94 valence electrons. The average molecular weight is 253 g/mol. The second kappa shape index (κ2) is 5.10. The van der Waals surface area contributed by atoms with Gasteiger partial charge in [-0.15, -0.1) is 0 Å². The molecule has 1 aromatic rings. The number of nitrogens with two attached hydrogens (primary N) is 1. The SMILES string of the molecule is CCc1nc(NN)cc(NCC2(SC)CC2)n1. The summed E-state index contributed by atoms with van der Waals surface area (Å²) in [5.41, 5.74) is 2.57. The zero-order valence-corrected chi connectivity index (χ0v) is 11.1. The fourth-order valence-corrected chi connectivity index (χ4v) is 2.39. The van der Waals surface area contributed by atoms with Crippen LogP contribution in [0.5, 0.6) is 0 Å². The van der Waals surface area contributed by atoms with Gasteiger partial charge < -0.3 is 10.7 Å². The first kappa shape index (κ1) is 12.4. The Morgan fingerprint density at radius 2 is 2.12 bits per heavy atom. The lowest BCUT2D eigenvalue weighted by Crippen LogP contribution is -2.19. The number of hydrogen-bond donors (Lipinski definition) is 3. The van der Waals surface area contributed by atoms with Gasteiger partial charge in [0.1, 0.15) is 17.5 Å². The quantitative estimate of drug-likeness (QED) is 0.528. The number of aromatic nitrogens is 2. The van der Waals surface area contributed by atoms with Crippen molar-refractivity contribution in [2.75, 3.05) is 23.5 Å². The van der Waals surface area contributed by atoms with E-state index in [2.05, 4.69) is 27.0 Å². The van der Waals surface area contributed by atoms with Crippen LogP contribution in [0.15, 0.2) is 6.07 Å². The zero-order valence-electron chi connectivity index (χ0n) is 10.3. The van der Waals surface area contributed by atoms with Crippen molar-refractivity contribution >= 4 is 23.4 Å². The number of rotatable bonds is 6. The molecule has 0 unspecified atom stereocenters. The number of nitrogens with one attached hydrogen (secondary N) is 2. The predicted molar refractivity (Wildman–Crippen MR) is 73.2 cm³/mol. The monoisotopic (exact) mass is 253 g/mol. The fourth-order valence-electron chi connectivity index (χ4n) is 1.66. The number of nitrogens with zero attached hydrogens (tertiary/aromatic N) is 2. The predicted octanol–water partition coefficient (Wildman–Crippen LogP) is 1.63. The summed E-state index contributed by atoms with van der Waals surface area (Å²) in [7, 11) is 0. The average Bonchev–Trinajstić information content (AvgIpc) is 3.16. The molecule has 0 aromatic carbocycles. The van der Waals surface area contributed by atoms with E-state index in [-0.39, 0.29) is 0 Å².